The van der Waals surface area contributed by atoms with E-state index in [0.717, 1.165) is 33.1 Å². The highest BCUT2D eigenvalue weighted by atomic mass is 32.2. The fourth-order valence-corrected chi connectivity index (χ4v) is 5.53. The molecule has 3 aromatic carbocycles. The standard InChI is InChI=1S/C27H27N3O3S2/c1-19(22-7-4-3-5-8-22)30-35(32,33)25-14-11-21(12-15-25)13-16-27(31)29-24-10-6-9-23(17-24)26-18-34-20(2)28-26/h3-12,14-15,17-19,30H,13,16H2,1-2H3,(H,29,31)/t19-/m0/s1. The Labute approximate surface area is 210 Å². The molecule has 35 heavy (non-hydrogen) atoms. The maximum Gasteiger partial charge on any atom is 0.241 e. The van der Waals surface area contributed by atoms with Gasteiger partial charge in [-0.1, -0.05) is 54.6 Å². The third kappa shape index (κ3) is 6.63. The average molecular weight is 506 g/mol. The van der Waals surface area contributed by atoms with Crippen LogP contribution in [0.3, 0.4) is 0 Å². The summed E-state index contributed by atoms with van der Waals surface area (Å²) in [5.41, 5.74) is 4.36. The molecule has 2 N–H and O–H groups in total. The quantitative estimate of drug-likeness (QED) is 0.304. The molecule has 8 heteroatoms. The highest BCUT2D eigenvalue weighted by molar-refractivity contribution is 7.89. The molecule has 1 heterocycles. The molecule has 0 aliphatic heterocycles. The lowest BCUT2D eigenvalue weighted by atomic mass is 10.1. The molecule has 0 radical (unpaired) electrons. The zero-order chi connectivity index (χ0) is 24.8. The van der Waals surface area contributed by atoms with Crippen LogP contribution in [0.25, 0.3) is 11.3 Å². The molecule has 4 rings (SSSR count). The second-order valence-corrected chi connectivity index (χ2v) is 11.1. The van der Waals surface area contributed by atoms with E-state index in [2.05, 4.69) is 15.0 Å². The lowest BCUT2D eigenvalue weighted by molar-refractivity contribution is -0.116. The number of amides is 1. The van der Waals surface area contributed by atoms with Crippen molar-refractivity contribution in [2.45, 2.75) is 37.6 Å². The normalized spacial score (nSPS) is 12.3. The van der Waals surface area contributed by atoms with Crippen molar-refractivity contribution in [1.82, 2.24) is 9.71 Å². The van der Waals surface area contributed by atoms with E-state index in [-0.39, 0.29) is 23.3 Å². The lowest BCUT2D eigenvalue weighted by Crippen LogP contribution is -2.26. The SMILES string of the molecule is Cc1nc(-c2cccc(NC(=O)CCc3ccc(S(=O)(=O)N[C@@H](C)c4ccccc4)cc3)c2)cs1. The summed E-state index contributed by atoms with van der Waals surface area (Å²) in [6.45, 7) is 3.77. The zero-order valence-electron chi connectivity index (χ0n) is 19.6. The number of aromatic nitrogens is 1. The van der Waals surface area contributed by atoms with Gasteiger partial charge in [0.25, 0.3) is 0 Å². The van der Waals surface area contributed by atoms with Crippen LogP contribution in [-0.4, -0.2) is 19.3 Å². The maximum absolute atomic E-state index is 12.7. The van der Waals surface area contributed by atoms with Gasteiger partial charge in [0.15, 0.2) is 0 Å². The number of carbonyl (C=O) groups excluding carboxylic acids is 1. The molecule has 4 aromatic rings. The van der Waals surface area contributed by atoms with E-state index in [1.165, 1.54) is 0 Å². The summed E-state index contributed by atoms with van der Waals surface area (Å²) in [6, 6.07) is 23.4. The van der Waals surface area contributed by atoms with Crippen molar-refractivity contribution in [1.29, 1.82) is 0 Å². The minimum atomic E-state index is -3.66. The molecule has 0 spiro atoms. The van der Waals surface area contributed by atoms with E-state index in [0.29, 0.717) is 6.42 Å². The summed E-state index contributed by atoms with van der Waals surface area (Å²) < 4.78 is 28.2. The number of benzene rings is 3. The summed E-state index contributed by atoms with van der Waals surface area (Å²) in [5, 5.41) is 5.93. The molecule has 0 aliphatic carbocycles. The van der Waals surface area contributed by atoms with Gasteiger partial charge in [0.1, 0.15) is 0 Å². The van der Waals surface area contributed by atoms with Crippen LogP contribution in [-0.2, 0) is 21.2 Å². The molecule has 180 valence electrons. The Kier molecular flexibility index (Phi) is 7.75. The number of nitrogens with zero attached hydrogens (tertiary/aromatic N) is 1. The number of aryl methyl sites for hydroxylation is 2. The number of sulfonamides is 1. The molecular formula is C27H27N3O3S2. The third-order valence-corrected chi connectivity index (χ3v) is 7.90. The van der Waals surface area contributed by atoms with Gasteiger partial charge in [-0.25, -0.2) is 18.1 Å². The van der Waals surface area contributed by atoms with E-state index in [1.54, 1.807) is 35.6 Å². The molecule has 1 atom stereocenters. The summed E-state index contributed by atoms with van der Waals surface area (Å²) >= 11 is 1.59. The van der Waals surface area contributed by atoms with Crippen molar-refractivity contribution in [3.8, 4) is 11.3 Å². The van der Waals surface area contributed by atoms with E-state index >= 15 is 0 Å². The van der Waals surface area contributed by atoms with Gasteiger partial charge in [0.05, 0.1) is 15.6 Å². The van der Waals surface area contributed by atoms with Crippen LogP contribution in [0.1, 0.15) is 35.5 Å². The number of carbonyl (C=O) groups is 1. The Balaban J connectivity index is 1.32. The zero-order valence-corrected chi connectivity index (χ0v) is 21.2. The van der Waals surface area contributed by atoms with E-state index in [4.69, 9.17) is 0 Å². The Morgan fingerprint density at radius 2 is 1.74 bits per heavy atom. The van der Waals surface area contributed by atoms with Gasteiger partial charge in [0.2, 0.25) is 15.9 Å². The van der Waals surface area contributed by atoms with Gasteiger partial charge in [-0.15, -0.1) is 11.3 Å². The van der Waals surface area contributed by atoms with Gasteiger partial charge in [-0.3, -0.25) is 4.79 Å². The monoisotopic (exact) mass is 505 g/mol. The van der Waals surface area contributed by atoms with Gasteiger partial charge in [0, 0.05) is 29.1 Å². The average Bonchev–Trinajstić information content (AvgIpc) is 3.30. The molecule has 0 unspecified atom stereocenters. The van der Waals surface area contributed by atoms with E-state index < -0.39 is 10.0 Å². The van der Waals surface area contributed by atoms with Crippen molar-refractivity contribution in [2.24, 2.45) is 0 Å². The highest BCUT2D eigenvalue weighted by Gasteiger charge is 2.18. The van der Waals surface area contributed by atoms with E-state index in [9.17, 15) is 13.2 Å². The van der Waals surface area contributed by atoms with Gasteiger partial charge >= 0.3 is 0 Å². The second-order valence-electron chi connectivity index (χ2n) is 8.28. The fourth-order valence-electron chi connectivity index (χ4n) is 3.68. The second kappa shape index (κ2) is 10.9. The number of hydrogen-bond acceptors (Lipinski definition) is 5. The minimum absolute atomic E-state index is 0.105. The maximum atomic E-state index is 12.7. The van der Waals surface area contributed by atoms with Crippen LogP contribution >= 0.6 is 11.3 Å². The van der Waals surface area contributed by atoms with Crippen LogP contribution in [0.2, 0.25) is 0 Å². The van der Waals surface area contributed by atoms with Crippen LogP contribution in [0.5, 0.6) is 0 Å². The van der Waals surface area contributed by atoms with Crippen LogP contribution in [0, 0.1) is 6.92 Å². The smallest absolute Gasteiger partial charge is 0.241 e. The highest BCUT2D eigenvalue weighted by Crippen LogP contribution is 2.24. The largest absolute Gasteiger partial charge is 0.326 e. The number of hydrogen-bond donors (Lipinski definition) is 2. The minimum Gasteiger partial charge on any atom is -0.326 e. The Morgan fingerprint density at radius 1 is 1.00 bits per heavy atom. The summed E-state index contributed by atoms with van der Waals surface area (Å²) in [7, 11) is -3.66. The third-order valence-electron chi connectivity index (χ3n) is 5.57. The summed E-state index contributed by atoms with van der Waals surface area (Å²) in [4.78, 5) is 17.2. The molecule has 0 fully saturated rings. The van der Waals surface area contributed by atoms with Gasteiger partial charge in [-0.2, -0.15) is 0 Å². The molecule has 1 amide bonds. The first-order valence-electron chi connectivity index (χ1n) is 11.3. The lowest BCUT2D eigenvalue weighted by Gasteiger charge is -2.15. The topological polar surface area (TPSA) is 88.2 Å². The predicted octanol–water partition coefficient (Wildman–Crippen LogP) is 5.73. The predicted molar refractivity (Wildman–Crippen MR) is 141 cm³/mol. The Morgan fingerprint density at radius 3 is 2.43 bits per heavy atom. The number of nitrogens with one attached hydrogen (secondary N) is 2. The molecule has 1 aromatic heterocycles. The Bertz CT molecular complexity index is 1400. The first-order valence-corrected chi connectivity index (χ1v) is 13.6. The first kappa shape index (κ1) is 24.8. The van der Waals surface area contributed by atoms with Crippen molar-refractivity contribution < 1.29 is 13.2 Å². The van der Waals surface area contributed by atoms with Crippen molar-refractivity contribution in [2.75, 3.05) is 5.32 Å². The molecule has 0 aliphatic rings. The molecule has 0 bridgehead atoms. The van der Waals surface area contributed by atoms with Crippen molar-refractivity contribution in [3.63, 3.8) is 0 Å². The van der Waals surface area contributed by atoms with Gasteiger partial charge < -0.3 is 5.32 Å². The number of thiazole rings is 1. The van der Waals surface area contributed by atoms with Crippen LogP contribution in [0.15, 0.2) is 89.1 Å². The summed E-state index contributed by atoms with van der Waals surface area (Å²) in [5.74, 6) is -0.105. The summed E-state index contributed by atoms with van der Waals surface area (Å²) in [6.07, 6.45) is 0.792. The molecule has 6 nitrogen and oxygen atoms in total. The van der Waals surface area contributed by atoms with Crippen LogP contribution in [0.4, 0.5) is 5.69 Å². The molecular weight excluding hydrogens is 478 g/mol. The van der Waals surface area contributed by atoms with Crippen molar-refractivity contribution in [3.05, 3.63) is 100 Å². The van der Waals surface area contributed by atoms with Crippen molar-refractivity contribution >= 4 is 33.0 Å². The molecule has 0 saturated heterocycles. The fraction of sp³-hybridized carbons (Fsp3) is 0.185. The van der Waals surface area contributed by atoms with Crippen LogP contribution < -0.4 is 10.0 Å². The first-order chi connectivity index (χ1) is 16.8. The number of rotatable bonds is 9. The Hall–Kier alpha value is -3.33. The van der Waals surface area contributed by atoms with E-state index in [1.807, 2.05) is 73.8 Å². The number of anilines is 1. The van der Waals surface area contributed by atoms with Gasteiger partial charge in [-0.05, 0) is 55.7 Å². The molecule has 0 saturated carbocycles.